The number of hydrogen-bond acceptors (Lipinski definition) is 6. The van der Waals surface area contributed by atoms with Gasteiger partial charge < -0.3 is 14.1 Å². The Morgan fingerprint density at radius 2 is 1.82 bits per heavy atom. The van der Waals surface area contributed by atoms with Crippen molar-refractivity contribution in [2.75, 3.05) is 19.7 Å². The summed E-state index contributed by atoms with van der Waals surface area (Å²) in [5.74, 6) is 0.119. The van der Waals surface area contributed by atoms with Crippen LogP contribution in [0, 0.1) is 12.8 Å². The van der Waals surface area contributed by atoms with Gasteiger partial charge in [-0.15, -0.1) is 0 Å². The van der Waals surface area contributed by atoms with Gasteiger partial charge in [0.1, 0.15) is 6.10 Å². The van der Waals surface area contributed by atoms with Gasteiger partial charge in [0.2, 0.25) is 5.88 Å². The minimum Gasteiger partial charge on any atom is -0.472 e. The van der Waals surface area contributed by atoms with Gasteiger partial charge in [-0.1, -0.05) is 61.6 Å². The van der Waals surface area contributed by atoms with Crippen LogP contribution in [0.4, 0.5) is 0 Å². The van der Waals surface area contributed by atoms with Crippen molar-refractivity contribution < 1.29 is 14.0 Å². The van der Waals surface area contributed by atoms with Crippen molar-refractivity contribution in [1.82, 2.24) is 20.1 Å². The monoisotopic (exact) mass is 620 g/mol. The van der Waals surface area contributed by atoms with E-state index in [2.05, 4.69) is 49.0 Å². The minimum atomic E-state index is -2.12. The number of hydrogen-bond donors (Lipinski definition) is 0. The highest BCUT2D eigenvalue weighted by Crippen LogP contribution is 2.41. The van der Waals surface area contributed by atoms with Crippen LogP contribution in [0.15, 0.2) is 48.8 Å². The van der Waals surface area contributed by atoms with E-state index >= 15 is 0 Å². The zero-order valence-corrected chi connectivity index (χ0v) is 26.9. The second kappa shape index (κ2) is 12.3. The zero-order valence-electron chi connectivity index (χ0n) is 23.6. The predicted molar refractivity (Wildman–Crippen MR) is 162 cm³/mol. The van der Waals surface area contributed by atoms with Gasteiger partial charge in [-0.3, -0.25) is 4.79 Å². The molecule has 1 aliphatic heterocycles. The van der Waals surface area contributed by atoms with Crippen LogP contribution in [0.2, 0.25) is 33.2 Å². The molecule has 3 aromatic rings. The van der Waals surface area contributed by atoms with Crippen LogP contribution in [-0.4, -0.2) is 60.1 Å². The van der Waals surface area contributed by atoms with Crippen molar-refractivity contribution in [3.8, 4) is 5.88 Å². The minimum absolute atomic E-state index is 0.0169. The maximum Gasteiger partial charge on any atom is 0.255 e. The normalized spacial score (nSPS) is 18.6. The van der Waals surface area contributed by atoms with E-state index in [0.717, 1.165) is 5.56 Å². The van der Waals surface area contributed by atoms with Crippen LogP contribution in [-0.2, 0) is 4.43 Å². The quantitative estimate of drug-likeness (QED) is 0.243. The molecule has 214 valence electrons. The fourth-order valence-electron chi connectivity index (χ4n) is 4.58. The lowest BCUT2D eigenvalue weighted by atomic mass is 9.85. The molecule has 1 aliphatic rings. The van der Waals surface area contributed by atoms with Crippen LogP contribution in [0.5, 0.6) is 5.88 Å². The molecular weight excluding hydrogens is 587 g/mol. The Balaban J connectivity index is 1.71. The molecule has 0 spiro atoms. The molecule has 1 saturated heterocycles. The van der Waals surface area contributed by atoms with Gasteiger partial charge in [0, 0.05) is 37.2 Å². The highest BCUT2D eigenvalue weighted by atomic mass is 35.5. The Morgan fingerprint density at radius 1 is 1.07 bits per heavy atom. The van der Waals surface area contributed by atoms with E-state index in [9.17, 15) is 4.79 Å². The lowest BCUT2D eigenvalue weighted by molar-refractivity contribution is 0.0612. The molecule has 0 radical (unpaired) electrons. The van der Waals surface area contributed by atoms with Crippen molar-refractivity contribution in [2.45, 2.75) is 57.8 Å². The van der Waals surface area contributed by atoms with Gasteiger partial charge in [0.05, 0.1) is 39.1 Å². The van der Waals surface area contributed by atoms with Crippen LogP contribution in [0.1, 0.15) is 48.3 Å². The number of pyridine rings is 1. The van der Waals surface area contributed by atoms with E-state index < -0.39 is 14.4 Å². The van der Waals surface area contributed by atoms with Crippen LogP contribution in [0.3, 0.4) is 0 Å². The maximum absolute atomic E-state index is 13.6. The number of ether oxygens (including phenoxy) is 1. The number of halogens is 3. The molecule has 3 heterocycles. The van der Waals surface area contributed by atoms with E-state index in [0.29, 0.717) is 51.9 Å². The topological polar surface area (TPSA) is 77.4 Å². The average Bonchev–Trinajstić information content (AvgIpc) is 3.33. The van der Waals surface area contributed by atoms with Crippen molar-refractivity contribution in [3.05, 3.63) is 80.7 Å². The Bertz CT molecular complexity index is 1350. The molecule has 4 rings (SSSR count). The number of rotatable bonds is 8. The summed E-state index contributed by atoms with van der Waals surface area (Å²) < 4.78 is 13.2. The summed E-state index contributed by atoms with van der Waals surface area (Å²) in [6.07, 6.45) is 2.66. The highest BCUT2D eigenvalue weighted by Gasteiger charge is 2.44. The lowest BCUT2D eigenvalue weighted by Gasteiger charge is -2.38. The van der Waals surface area contributed by atoms with Crippen molar-refractivity contribution in [1.29, 1.82) is 0 Å². The first-order valence-corrected chi connectivity index (χ1v) is 17.2. The second-order valence-corrected chi connectivity index (χ2v) is 17.8. The first kappa shape index (κ1) is 30.7. The number of nitrogens with zero attached hydrogens (tertiary/aromatic N) is 4. The molecule has 0 saturated carbocycles. The molecule has 40 heavy (non-hydrogen) atoms. The van der Waals surface area contributed by atoms with Gasteiger partial charge in [-0.05, 0) is 54.9 Å². The fourth-order valence-corrected chi connectivity index (χ4v) is 6.01. The zero-order chi connectivity index (χ0) is 29.2. The highest BCUT2D eigenvalue weighted by molar-refractivity contribution is 6.74. The number of carbonyl (C=O) groups is 1. The van der Waals surface area contributed by atoms with Crippen molar-refractivity contribution in [2.24, 2.45) is 5.92 Å². The molecule has 1 aromatic carbocycles. The predicted octanol–water partition coefficient (Wildman–Crippen LogP) is 7.47. The summed E-state index contributed by atoms with van der Waals surface area (Å²) in [6.45, 7) is 14.1. The SMILES string of the molecule is Cc1cc(C(=O)N2C[C@H]([C@H](CO[Si](C)(C)C(C)(C)C)Oc3ccc(Cl)cn3)[C@@H](c3ccc(Cl)c(Cl)c3)C2)cnn1. The second-order valence-electron chi connectivity index (χ2n) is 11.8. The summed E-state index contributed by atoms with van der Waals surface area (Å²) in [6, 6.07) is 10.9. The fraction of sp³-hybridized carbons (Fsp3) is 0.448. The molecule has 0 unspecified atom stereocenters. The maximum atomic E-state index is 13.6. The van der Waals surface area contributed by atoms with E-state index in [-0.39, 0.29) is 22.8 Å². The molecule has 0 N–H and O–H groups in total. The largest absolute Gasteiger partial charge is 0.472 e. The number of amides is 1. The molecule has 1 fully saturated rings. The number of benzene rings is 1. The Hall–Kier alpha value is -2.23. The Kier molecular flexibility index (Phi) is 9.47. The summed E-state index contributed by atoms with van der Waals surface area (Å²) in [4.78, 5) is 19.9. The van der Waals surface area contributed by atoms with Gasteiger partial charge in [-0.2, -0.15) is 10.2 Å². The number of likely N-dealkylation sites (tertiary alicyclic amines) is 1. The van der Waals surface area contributed by atoms with Gasteiger partial charge in [0.25, 0.3) is 5.91 Å². The summed E-state index contributed by atoms with van der Waals surface area (Å²) in [5.41, 5.74) is 2.15. The number of aromatic nitrogens is 3. The molecule has 1 amide bonds. The van der Waals surface area contributed by atoms with Crippen LogP contribution < -0.4 is 4.74 Å². The molecule has 7 nitrogen and oxygen atoms in total. The third kappa shape index (κ3) is 7.15. The molecule has 2 aromatic heterocycles. The Labute approximate surface area is 252 Å². The summed E-state index contributed by atoms with van der Waals surface area (Å²) in [7, 11) is -2.12. The average molecular weight is 622 g/mol. The van der Waals surface area contributed by atoms with E-state index in [1.807, 2.05) is 24.0 Å². The first-order chi connectivity index (χ1) is 18.7. The van der Waals surface area contributed by atoms with Gasteiger partial charge in [-0.25, -0.2) is 4.98 Å². The smallest absolute Gasteiger partial charge is 0.255 e. The lowest BCUT2D eigenvalue weighted by Crippen LogP contribution is -2.46. The van der Waals surface area contributed by atoms with Gasteiger partial charge >= 0.3 is 0 Å². The van der Waals surface area contributed by atoms with Crippen LogP contribution in [0.25, 0.3) is 0 Å². The van der Waals surface area contributed by atoms with Gasteiger partial charge in [0.15, 0.2) is 8.32 Å². The van der Waals surface area contributed by atoms with Crippen molar-refractivity contribution >= 4 is 49.0 Å². The summed E-state index contributed by atoms with van der Waals surface area (Å²) >= 11 is 18.8. The third-order valence-corrected chi connectivity index (χ3v) is 13.4. The standard InChI is InChI=1S/C29H35Cl3N4O3Si/c1-18-11-20(13-34-35-18)28(37)36-15-22(19-7-9-24(31)25(32)12-19)23(16-36)26(17-38-40(5,6)29(2,3)4)39-27-10-8-21(30)14-33-27/h7-14,22-23,26H,15-17H2,1-6H3/t22-,23+,26+/m1/s1. The van der Waals surface area contributed by atoms with E-state index in [1.54, 1.807) is 30.5 Å². The third-order valence-electron chi connectivity index (χ3n) is 7.91. The Morgan fingerprint density at radius 3 is 2.45 bits per heavy atom. The molecule has 0 aliphatic carbocycles. The van der Waals surface area contributed by atoms with Crippen LogP contribution >= 0.6 is 34.8 Å². The molecule has 3 atom stereocenters. The van der Waals surface area contributed by atoms with E-state index in [4.69, 9.17) is 44.0 Å². The van der Waals surface area contributed by atoms with E-state index in [1.165, 1.54) is 6.20 Å². The number of carbonyl (C=O) groups excluding carboxylic acids is 1. The number of aryl methyl sites for hydroxylation is 1. The summed E-state index contributed by atoms with van der Waals surface area (Å²) in [5, 5.41) is 9.46. The molecular formula is C29H35Cl3N4O3Si. The molecule has 11 heteroatoms. The first-order valence-electron chi connectivity index (χ1n) is 13.2. The van der Waals surface area contributed by atoms with Crippen molar-refractivity contribution in [3.63, 3.8) is 0 Å². The molecule has 0 bridgehead atoms.